The molecule has 0 saturated carbocycles. The molecule has 0 aromatic rings. The van der Waals surface area contributed by atoms with E-state index < -0.39 is 41.5 Å². The van der Waals surface area contributed by atoms with Crippen molar-refractivity contribution in [2.75, 3.05) is 13.7 Å². The SMILES string of the molecule is CO[C@H]1OC(COS(=O)(=O)O)CC(O)C1N. The van der Waals surface area contributed by atoms with Gasteiger partial charge in [-0.1, -0.05) is 0 Å². The van der Waals surface area contributed by atoms with E-state index in [1.807, 2.05) is 0 Å². The van der Waals surface area contributed by atoms with E-state index in [4.69, 9.17) is 19.8 Å². The zero-order valence-corrected chi connectivity index (χ0v) is 9.46. The second kappa shape index (κ2) is 5.36. The van der Waals surface area contributed by atoms with Crippen molar-refractivity contribution < 1.29 is 31.7 Å². The normalized spacial score (nSPS) is 36.2. The summed E-state index contributed by atoms with van der Waals surface area (Å²) in [6.45, 7) is -0.400. The number of hydrogen-bond acceptors (Lipinski definition) is 7. The van der Waals surface area contributed by atoms with Crippen LogP contribution >= 0.6 is 0 Å². The topological polar surface area (TPSA) is 128 Å². The molecule has 1 aliphatic rings. The maximum atomic E-state index is 10.3. The molecular formula is C7H15NO7S. The van der Waals surface area contributed by atoms with Crippen LogP contribution in [0.1, 0.15) is 6.42 Å². The number of nitrogens with two attached hydrogens (primary N) is 1. The molecule has 0 bridgehead atoms. The van der Waals surface area contributed by atoms with E-state index >= 15 is 0 Å². The summed E-state index contributed by atoms with van der Waals surface area (Å²) in [5, 5.41) is 9.53. The van der Waals surface area contributed by atoms with E-state index in [0.717, 1.165) is 0 Å². The highest BCUT2D eigenvalue weighted by molar-refractivity contribution is 7.80. The predicted molar refractivity (Wildman–Crippen MR) is 51.8 cm³/mol. The first-order valence-corrected chi connectivity index (χ1v) is 5.93. The average molecular weight is 257 g/mol. The van der Waals surface area contributed by atoms with Gasteiger partial charge in [0.2, 0.25) is 0 Å². The van der Waals surface area contributed by atoms with E-state index in [-0.39, 0.29) is 6.42 Å². The van der Waals surface area contributed by atoms with Gasteiger partial charge in [-0.25, -0.2) is 4.18 Å². The molecule has 8 nitrogen and oxygen atoms in total. The molecule has 0 aromatic carbocycles. The van der Waals surface area contributed by atoms with E-state index in [2.05, 4.69) is 4.18 Å². The molecule has 1 saturated heterocycles. The number of ether oxygens (including phenoxy) is 2. The molecule has 4 atom stereocenters. The van der Waals surface area contributed by atoms with Crippen molar-refractivity contribution in [1.82, 2.24) is 0 Å². The Kier molecular flexibility index (Phi) is 4.62. The van der Waals surface area contributed by atoms with Crippen LogP contribution in [-0.4, -0.2) is 56.3 Å². The monoisotopic (exact) mass is 257 g/mol. The van der Waals surface area contributed by atoms with Crippen LogP contribution in [0.2, 0.25) is 0 Å². The summed E-state index contributed by atoms with van der Waals surface area (Å²) in [6, 6.07) is -0.702. The molecule has 0 spiro atoms. The number of methoxy groups -OCH3 is 1. The molecule has 1 aliphatic heterocycles. The smallest absolute Gasteiger partial charge is 0.391 e. The van der Waals surface area contributed by atoms with E-state index in [1.54, 1.807) is 0 Å². The van der Waals surface area contributed by atoms with E-state index in [1.165, 1.54) is 7.11 Å². The Hall–Kier alpha value is -0.290. The molecule has 16 heavy (non-hydrogen) atoms. The van der Waals surface area contributed by atoms with Gasteiger partial charge in [0.1, 0.15) is 0 Å². The van der Waals surface area contributed by atoms with Gasteiger partial charge in [0.15, 0.2) is 6.29 Å². The van der Waals surface area contributed by atoms with Gasteiger partial charge in [-0.05, 0) is 0 Å². The maximum absolute atomic E-state index is 10.3. The second-order valence-corrected chi connectivity index (χ2v) is 4.55. The number of rotatable bonds is 4. The van der Waals surface area contributed by atoms with Crippen LogP contribution in [0.4, 0.5) is 0 Å². The van der Waals surface area contributed by atoms with Gasteiger partial charge < -0.3 is 20.3 Å². The van der Waals surface area contributed by atoms with Crippen molar-refractivity contribution >= 4 is 10.4 Å². The fourth-order valence-electron chi connectivity index (χ4n) is 1.43. The first-order valence-electron chi connectivity index (χ1n) is 4.57. The lowest BCUT2D eigenvalue weighted by atomic mass is 10.0. The third-order valence-electron chi connectivity index (χ3n) is 2.22. The van der Waals surface area contributed by atoms with Gasteiger partial charge in [-0.2, -0.15) is 8.42 Å². The van der Waals surface area contributed by atoms with Crippen LogP contribution in [0, 0.1) is 0 Å². The van der Waals surface area contributed by atoms with Crippen molar-refractivity contribution in [1.29, 1.82) is 0 Å². The zero-order valence-electron chi connectivity index (χ0n) is 8.64. The highest BCUT2D eigenvalue weighted by Crippen LogP contribution is 2.20. The third-order valence-corrected chi connectivity index (χ3v) is 2.66. The van der Waals surface area contributed by atoms with Crippen molar-refractivity contribution in [3.05, 3.63) is 0 Å². The fraction of sp³-hybridized carbons (Fsp3) is 1.00. The molecular weight excluding hydrogens is 242 g/mol. The lowest BCUT2D eigenvalue weighted by Gasteiger charge is -2.36. The summed E-state index contributed by atoms with van der Waals surface area (Å²) in [6.07, 6.45) is -2.31. The maximum Gasteiger partial charge on any atom is 0.397 e. The highest BCUT2D eigenvalue weighted by atomic mass is 32.3. The Balaban J connectivity index is 2.51. The zero-order chi connectivity index (χ0) is 12.3. The minimum atomic E-state index is -4.51. The Bertz CT molecular complexity index is 319. The van der Waals surface area contributed by atoms with Crippen LogP contribution in [0.15, 0.2) is 0 Å². The van der Waals surface area contributed by atoms with Gasteiger partial charge in [-0.3, -0.25) is 4.55 Å². The summed E-state index contributed by atoms with van der Waals surface area (Å²) in [7, 11) is -3.16. The van der Waals surface area contributed by atoms with Crippen molar-refractivity contribution in [3.8, 4) is 0 Å². The molecule has 96 valence electrons. The minimum absolute atomic E-state index is 0.108. The number of aliphatic hydroxyl groups is 1. The van der Waals surface area contributed by atoms with Crippen LogP contribution in [0.25, 0.3) is 0 Å². The van der Waals surface area contributed by atoms with Crippen molar-refractivity contribution in [3.63, 3.8) is 0 Å². The highest BCUT2D eigenvalue weighted by Gasteiger charge is 2.36. The summed E-state index contributed by atoms with van der Waals surface area (Å²) in [4.78, 5) is 0. The molecule has 4 N–H and O–H groups in total. The number of hydrogen-bond donors (Lipinski definition) is 3. The molecule has 0 amide bonds. The van der Waals surface area contributed by atoms with Gasteiger partial charge in [0.05, 0.1) is 24.9 Å². The lowest BCUT2D eigenvalue weighted by molar-refractivity contribution is -0.219. The summed E-state index contributed by atoms with van der Waals surface area (Å²) in [5.74, 6) is 0. The van der Waals surface area contributed by atoms with Crippen molar-refractivity contribution in [2.45, 2.75) is 31.0 Å². The first kappa shape index (κ1) is 13.8. The number of aliphatic hydroxyl groups excluding tert-OH is 1. The largest absolute Gasteiger partial charge is 0.397 e. The third kappa shape index (κ3) is 3.94. The lowest BCUT2D eigenvalue weighted by Crippen LogP contribution is -2.54. The average Bonchev–Trinajstić information content (AvgIpc) is 2.18. The molecule has 1 fully saturated rings. The van der Waals surface area contributed by atoms with Gasteiger partial charge >= 0.3 is 10.4 Å². The fourth-order valence-corrected chi connectivity index (χ4v) is 1.75. The minimum Gasteiger partial charge on any atom is -0.391 e. The van der Waals surface area contributed by atoms with Crippen LogP contribution in [0.5, 0.6) is 0 Å². The van der Waals surface area contributed by atoms with Crippen LogP contribution in [0.3, 0.4) is 0 Å². The van der Waals surface area contributed by atoms with Crippen LogP contribution in [-0.2, 0) is 24.1 Å². The Labute approximate surface area is 93.2 Å². The molecule has 0 radical (unpaired) electrons. The second-order valence-electron chi connectivity index (χ2n) is 3.45. The first-order chi connectivity index (χ1) is 7.33. The van der Waals surface area contributed by atoms with Gasteiger partial charge in [-0.15, -0.1) is 0 Å². The molecule has 9 heteroatoms. The summed E-state index contributed by atoms with van der Waals surface area (Å²) >= 11 is 0. The predicted octanol–water partition coefficient (Wildman–Crippen LogP) is -1.74. The van der Waals surface area contributed by atoms with Crippen molar-refractivity contribution in [2.24, 2.45) is 5.73 Å². The molecule has 0 aliphatic carbocycles. The Morgan fingerprint density at radius 2 is 2.19 bits per heavy atom. The standard InChI is InChI=1S/C7H15NO7S/c1-13-7-6(8)5(9)2-4(15-7)3-14-16(10,11)12/h4-7,9H,2-3,8H2,1H3,(H,10,11,12)/t4?,5?,6?,7-/m0/s1. The molecule has 3 unspecified atom stereocenters. The Morgan fingerprint density at radius 1 is 1.56 bits per heavy atom. The summed E-state index contributed by atoms with van der Waals surface area (Å²) in [5.41, 5.74) is 5.57. The molecule has 1 rings (SSSR count). The molecule has 0 aromatic heterocycles. The van der Waals surface area contributed by atoms with E-state index in [9.17, 15) is 13.5 Å². The van der Waals surface area contributed by atoms with Gasteiger partial charge in [0, 0.05) is 13.5 Å². The van der Waals surface area contributed by atoms with E-state index in [0.29, 0.717) is 0 Å². The Morgan fingerprint density at radius 3 is 2.69 bits per heavy atom. The van der Waals surface area contributed by atoms with Crippen LogP contribution < -0.4 is 5.73 Å². The summed E-state index contributed by atoms with van der Waals surface area (Å²) < 4.78 is 43.2. The quantitative estimate of drug-likeness (QED) is 0.506. The molecule has 1 heterocycles. The van der Waals surface area contributed by atoms with Gasteiger partial charge in [0.25, 0.3) is 0 Å².